The number of fused-ring (bicyclic) bond motifs is 1. The average Bonchev–Trinajstić information content (AvgIpc) is 3.13. The second kappa shape index (κ2) is 7.67. The maximum absolute atomic E-state index is 4.49. The summed E-state index contributed by atoms with van der Waals surface area (Å²) in [6, 6.07) is 23.6. The van der Waals surface area contributed by atoms with Crippen LogP contribution in [-0.4, -0.2) is 16.0 Å². The number of hydrogen-bond acceptors (Lipinski definition) is 4. The van der Waals surface area contributed by atoms with Crippen molar-refractivity contribution in [2.45, 2.75) is 25.8 Å². The molecule has 130 valence electrons. The molecule has 0 fully saturated rings. The molecule has 0 aliphatic heterocycles. The highest BCUT2D eigenvalue weighted by atomic mass is 32.1. The molecular formula is C22H21N3S. The highest BCUT2D eigenvalue weighted by Gasteiger charge is 2.12. The minimum atomic E-state index is 0.341. The molecule has 2 aromatic carbocycles. The van der Waals surface area contributed by atoms with Gasteiger partial charge in [0.1, 0.15) is 17.0 Å². The van der Waals surface area contributed by atoms with E-state index < -0.39 is 0 Å². The van der Waals surface area contributed by atoms with Crippen LogP contribution in [0.25, 0.3) is 20.7 Å². The Bertz CT molecular complexity index is 980. The second-order valence-electron chi connectivity index (χ2n) is 6.49. The van der Waals surface area contributed by atoms with E-state index in [9.17, 15) is 0 Å². The molecule has 1 atom stereocenters. The monoisotopic (exact) mass is 359 g/mol. The first-order valence-electron chi connectivity index (χ1n) is 8.90. The fourth-order valence-corrected chi connectivity index (χ4v) is 4.05. The largest absolute Gasteiger partial charge is 0.367 e. The Kier molecular flexibility index (Phi) is 4.93. The van der Waals surface area contributed by atoms with Crippen LogP contribution in [0.15, 0.2) is 73.1 Å². The number of benzene rings is 2. The molecule has 4 aromatic rings. The van der Waals surface area contributed by atoms with Gasteiger partial charge in [-0.2, -0.15) is 0 Å². The summed E-state index contributed by atoms with van der Waals surface area (Å²) in [6.45, 7) is 2.21. The zero-order valence-electron chi connectivity index (χ0n) is 14.7. The third kappa shape index (κ3) is 3.75. The van der Waals surface area contributed by atoms with E-state index in [1.807, 2.05) is 6.07 Å². The third-order valence-corrected chi connectivity index (χ3v) is 5.57. The maximum atomic E-state index is 4.49. The number of aryl methyl sites for hydroxylation is 1. The predicted octanol–water partition coefficient (Wildman–Crippen LogP) is 5.79. The minimum Gasteiger partial charge on any atom is -0.367 e. The summed E-state index contributed by atoms with van der Waals surface area (Å²) in [4.78, 5) is 11.2. The van der Waals surface area contributed by atoms with Crippen LogP contribution in [0.2, 0.25) is 0 Å². The van der Waals surface area contributed by atoms with Crippen molar-refractivity contribution in [2.24, 2.45) is 0 Å². The van der Waals surface area contributed by atoms with Crippen molar-refractivity contribution in [1.82, 2.24) is 9.97 Å². The Balaban J connectivity index is 1.52. The lowest BCUT2D eigenvalue weighted by molar-refractivity contribution is 0.704. The zero-order valence-corrected chi connectivity index (χ0v) is 15.5. The van der Waals surface area contributed by atoms with Gasteiger partial charge in [0.2, 0.25) is 0 Å². The Morgan fingerprint density at radius 1 is 0.962 bits per heavy atom. The molecule has 4 heteroatoms. The van der Waals surface area contributed by atoms with Gasteiger partial charge in [0, 0.05) is 10.9 Å². The Morgan fingerprint density at radius 2 is 1.69 bits per heavy atom. The predicted molar refractivity (Wildman–Crippen MR) is 111 cm³/mol. The fourth-order valence-electron chi connectivity index (χ4n) is 3.05. The van der Waals surface area contributed by atoms with Crippen molar-refractivity contribution < 1.29 is 0 Å². The van der Waals surface area contributed by atoms with E-state index in [1.54, 1.807) is 17.7 Å². The SMILES string of the molecule is C[C@@H](CCc1ccccc1)Nc1ncnc2sc(-c3ccccc3)cc12. The summed E-state index contributed by atoms with van der Waals surface area (Å²) in [5.41, 5.74) is 2.59. The standard InChI is InChI=1S/C22H21N3S/c1-16(12-13-17-8-4-2-5-9-17)25-21-19-14-20(18-10-6-3-7-11-18)26-22(19)24-15-23-21/h2-11,14-16H,12-13H2,1H3,(H,23,24,25)/t16-/m0/s1. The topological polar surface area (TPSA) is 37.8 Å². The summed E-state index contributed by atoms with van der Waals surface area (Å²) in [5, 5.41) is 4.68. The van der Waals surface area contributed by atoms with Gasteiger partial charge in [-0.15, -0.1) is 11.3 Å². The number of hydrogen-bond donors (Lipinski definition) is 1. The van der Waals surface area contributed by atoms with Crippen LogP contribution in [0.4, 0.5) is 5.82 Å². The molecule has 26 heavy (non-hydrogen) atoms. The van der Waals surface area contributed by atoms with Gasteiger partial charge < -0.3 is 5.32 Å². The number of thiophene rings is 1. The molecule has 0 unspecified atom stereocenters. The summed E-state index contributed by atoms with van der Waals surface area (Å²) >= 11 is 1.71. The molecule has 0 aliphatic rings. The van der Waals surface area contributed by atoms with Crippen molar-refractivity contribution in [3.05, 3.63) is 78.6 Å². The van der Waals surface area contributed by atoms with Crippen molar-refractivity contribution >= 4 is 27.4 Å². The van der Waals surface area contributed by atoms with Gasteiger partial charge in [0.05, 0.1) is 5.39 Å². The number of nitrogens with zero attached hydrogens (tertiary/aromatic N) is 2. The van der Waals surface area contributed by atoms with Crippen molar-refractivity contribution in [1.29, 1.82) is 0 Å². The van der Waals surface area contributed by atoms with Gasteiger partial charge >= 0.3 is 0 Å². The van der Waals surface area contributed by atoms with E-state index in [4.69, 9.17) is 0 Å². The van der Waals surface area contributed by atoms with E-state index in [0.717, 1.165) is 28.9 Å². The maximum Gasteiger partial charge on any atom is 0.138 e. The number of aromatic nitrogens is 2. The quantitative estimate of drug-likeness (QED) is 0.473. The molecule has 0 spiro atoms. The van der Waals surface area contributed by atoms with Gasteiger partial charge in [0.15, 0.2) is 0 Å². The highest BCUT2D eigenvalue weighted by Crippen LogP contribution is 2.35. The van der Waals surface area contributed by atoms with Crippen molar-refractivity contribution in [2.75, 3.05) is 5.32 Å². The molecule has 3 nitrogen and oxygen atoms in total. The molecule has 4 rings (SSSR count). The molecule has 2 heterocycles. The lowest BCUT2D eigenvalue weighted by Crippen LogP contribution is -2.17. The van der Waals surface area contributed by atoms with Crippen LogP contribution in [0.1, 0.15) is 18.9 Å². The van der Waals surface area contributed by atoms with Crippen LogP contribution in [0.3, 0.4) is 0 Å². The van der Waals surface area contributed by atoms with E-state index in [2.05, 4.69) is 82.9 Å². The van der Waals surface area contributed by atoms with Gasteiger partial charge in [0.25, 0.3) is 0 Å². The molecule has 0 amide bonds. The molecule has 0 aliphatic carbocycles. The Hall–Kier alpha value is -2.72. The molecule has 2 aromatic heterocycles. The van der Waals surface area contributed by atoms with E-state index in [-0.39, 0.29) is 0 Å². The molecule has 1 N–H and O–H groups in total. The number of nitrogens with one attached hydrogen (secondary N) is 1. The highest BCUT2D eigenvalue weighted by molar-refractivity contribution is 7.21. The number of anilines is 1. The fraction of sp³-hybridized carbons (Fsp3) is 0.182. The van der Waals surface area contributed by atoms with Gasteiger partial charge in [-0.1, -0.05) is 60.7 Å². The molecule has 0 saturated heterocycles. The second-order valence-corrected chi connectivity index (χ2v) is 7.52. The van der Waals surface area contributed by atoms with Gasteiger partial charge in [-0.25, -0.2) is 9.97 Å². The Labute approximate surface area is 157 Å². The molecule has 0 radical (unpaired) electrons. The summed E-state index contributed by atoms with van der Waals surface area (Å²) in [5.74, 6) is 0.925. The first-order chi connectivity index (χ1) is 12.8. The van der Waals surface area contributed by atoms with Crippen LogP contribution >= 0.6 is 11.3 Å². The summed E-state index contributed by atoms with van der Waals surface area (Å²) < 4.78 is 0. The average molecular weight is 359 g/mol. The van der Waals surface area contributed by atoms with Crippen LogP contribution < -0.4 is 5.32 Å². The van der Waals surface area contributed by atoms with Crippen molar-refractivity contribution in [3.63, 3.8) is 0 Å². The molecule has 0 saturated carbocycles. The Morgan fingerprint density at radius 3 is 2.46 bits per heavy atom. The van der Waals surface area contributed by atoms with E-state index in [1.165, 1.54) is 16.0 Å². The third-order valence-electron chi connectivity index (χ3n) is 4.48. The van der Waals surface area contributed by atoms with Crippen molar-refractivity contribution in [3.8, 4) is 10.4 Å². The summed E-state index contributed by atoms with van der Waals surface area (Å²) in [7, 11) is 0. The van der Waals surface area contributed by atoms with Gasteiger partial charge in [-0.3, -0.25) is 0 Å². The zero-order chi connectivity index (χ0) is 17.8. The van der Waals surface area contributed by atoms with E-state index >= 15 is 0 Å². The lowest BCUT2D eigenvalue weighted by Gasteiger charge is -2.15. The first-order valence-corrected chi connectivity index (χ1v) is 9.71. The minimum absolute atomic E-state index is 0.341. The van der Waals surface area contributed by atoms with Crippen LogP contribution in [0, 0.1) is 0 Å². The molecule has 0 bridgehead atoms. The van der Waals surface area contributed by atoms with Crippen LogP contribution in [-0.2, 0) is 6.42 Å². The van der Waals surface area contributed by atoms with Crippen LogP contribution in [0.5, 0.6) is 0 Å². The normalized spacial score (nSPS) is 12.2. The summed E-state index contributed by atoms with van der Waals surface area (Å²) in [6.07, 6.45) is 3.77. The lowest BCUT2D eigenvalue weighted by atomic mass is 10.1. The molecular weight excluding hydrogens is 338 g/mol. The smallest absolute Gasteiger partial charge is 0.138 e. The first kappa shape index (κ1) is 16.7. The number of rotatable bonds is 6. The van der Waals surface area contributed by atoms with Gasteiger partial charge in [-0.05, 0) is 37.0 Å². The van der Waals surface area contributed by atoms with E-state index in [0.29, 0.717) is 6.04 Å².